The average molecular weight is 415 g/mol. The molecular weight excluding hydrogens is 390 g/mol. The zero-order valence-electron chi connectivity index (χ0n) is 18.3. The number of nitrogens with zero attached hydrogens (tertiary/aromatic N) is 3. The van der Waals surface area contributed by atoms with Gasteiger partial charge in [-0.15, -0.1) is 0 Å². The summed E-state index contributed by atoms with van der Waals surface area (Å²) in [7, 11) is 3.15. The molecule has 6 nitrogen and oxygen atoms in total. The summed E-state index contributed by atoms with van der Waals surface area (Å²) >= 11 is 0. The number of benzene rings is 2. The van der Waals surface area contributed by atoms with E-state index >= 15 is 0 Å². The molecule has 0 aliphatic carbocycles. The molecule has 2 aromatic carbocycles. The number of carbonyl (C=O) groups excluding carboxylic acids is 1. The van der Waals surface area contributed by atoms with Gasteiger partial charge in [0.15, 0.2) is 17.3 Å². The number of ketones is 1. The monoisotopic (exact) mass is 415 g/mol. The van der Waals surface area contributed by atoms with Crippen LogP contribution in [0.15, 0.2) is 60.3 Å². The minimum atomic E-state index is -0.666. The van der Waals surface area contributed by atoms with E-state index in [2.05, 4.69) is 6.07 Å². The largest absolute Gasteiger partial charge is 0.493 e. The summed E-state index contributed by atoms with van der Waals surface area (Å²) in [5.74, 6) is 0.947. The molecule has 0 radical (unpaired) electrons. The number of methoxy groups -OCH3 is 2. The Bertz CT molecular complexity index is 1160. The van der Waals surface area contributed by atoms with Crippen molar-refractivity contribution in [3.63, 3.8) is 0 Å². The number of rotatable bonds is 6. The number of carbonyl (C=O) groups is 1. The van der Waals surface area contributed by atoms with Crippen molar-refractivity contribution in [1.82, 2.24) is 9.78 Å². The number of para-hydroxylation sites is 1. The lowest BCUT2D eigenvalue weighted by atomic mass is 9.86. The van der Waals surface area contributed by atoms with Crippen LogP contribution in [0.5, 0.6) is 11.5 Å². The van der Waals surface area contributed by atoms with Gasteiger partial charge in [-0.3, -0.25) is 4.79 Å². The first-order valence-corrected chi connectivity index (χ1v) is 9.82. The molecule has 0 spiro atoms. The minimum Gasteiger partial charge on any atom is -0.493 e. The van der Waals surface area contributed by atoms with E-state index < -0.39 is 5.41 Å². The Morgan fingerprint density at radius 1 is 1.06 bits per heavy atom. The van der Waals surface area contributed by atoms with Gasteiger partial charge >= 0.3 is 0 Å². The summed E-state index contributed by atoms with van der Waals surface area (Å²) < 4.78 is 12.5. The molecule has 0 aliphatic heterocycles. The van der Waals surface area contributed by atoms with Crippen LogP contribution < -0.4 is 9.47 Å². The van der Waals surface area contributed by atoms with Crippen LogP contribution in [0.1, 0.15) is 26.3 Å². The second-order valence-corrected chi connectivity index (χ2v) is 8.03. The summed E-state index contributed by atoms with van der Waals surface area (Å²) in [4.78, 5) is 12.8. The van der Waals surface area contributed by atoms with Gasteiger partial charge in [-0.05, 0) is 36.4 Å². The third-order valence-electron chi connectivity index (χ3n) is 4.77. The molecule has 0 unspecified atom stereocenters. The van der Waals surface area contributed by atoms with Crippen LogP contribution in [0, 0.1) is 16.7 Å². The van der Waals surface area contributed by atoms with E-state index in [0.29, 0.717) is 22.8 Å². The van der Waals surface area contributed by atoms with Gasteiger partial charge in [0.2, 0.25) is 0 Å². The van der Waals surface area contributed by atoms with Crippen LogP contribution in [-0.4, -0.2) is 29.8 Å². The molecule has 3 rings (SSSR count). The molecule has 3 aromatic rings. The molecule has 0 aliphatic rings. The van der Waals surface area contributed by atoms with E-state index in [9.17, 15) is 10.1 Å². The molecule has 1 heterocycles. The van der Waals surface area contributed by atoms with Crippen LogP contribution in [0.3, 0.4) is 0 Å². The number of hydrogen-bond acceptors (Lipinski definition) is 5. The second kappa shape index (κ2) is 8.88. The maximum Gasteiger partial charge on any atom is 0.178 e. The molecule has 0 fully saturated rings. The van der Waals surface area contributed by atoms with E-state index in [1.165, 1.54) is 0 Å². The van der Waals surface area contributed by atoms with E-state index in [1.807, 2.05) is 48.7 Å². The molecule has 0 amide bonds. The van der Waals surface area contributed by atoms with Crippen molar-refractivity contribution in [2.45, 2.75) is 20.8 Å². The smallest absolute Gasteiger partial charge is 0.178 e. The highest BCUT2D eigenvalue weighted by Gasteiger charge is 2.26. The van der Waals surface area contributed by atoms with Crippen molar-refractivity contribution in [2.75, 3.05) is 14.2 Å². The maximum absolute atomic E-state index is 12.8. The molecule has 0 saturated carbocycles. The minimum absolute atomic E-state index is 0.0850. The Morgan fingerprint density at radius 2 is 1.74 bits per heavy atom. The zero-order chi connectivity index (χ0) is 22.6. The summed E-state index contributed by atoms with van der Waals surface area (Å²) in [6, 6.07) is 17.2. The first-order valence-electron chi connectivity index (χ1n) is 9.82. The van der Waals surface area contributed by atoms with Gasteiger partial charge in [-0.2, -0.15) is 10.4 Å². The fourth-order valence-corrected chi connectivity index (χ4v) is 3.12. The van der Waals surface area contributed by atoms with Crippen LogP contribution >= 0.6 is 0 Å². The van der Waals surface area contributed by atoms with Crippen molar-refractivity contribution in [1.29, 1.82) is 5.26 Å². The van der Waals surface area contributed by atoms with E-state index in [4.69, 9.17) is 14.6 Å². The number of Topliss-reactive ketones (excluding diaryl/α,β-unsaturated/α-hetero) is 1. The Balaban J connectivity index is 2.21. The summed E-state index contributed by atoms with van der Waals surface area (Å²) in [5.41, 5.74) is 2.34. The summed E-state index contributed by atoms with van der Waals surface area (Å²) in [6.45, 7) is 5.38. The highest BCUT2D eigenvalue weighted by molar-refractivity contribution is 6.06. The van der Waals surface area contributed by atoms with Gasteiger partial charge in [0.25, 0.3) is 0 Å². The summed E-state index contributed by atoms with van der Waals surface area (Å²) in [5, 5.41) is 14.4. The van der Waals surface area contributed by atoms with Gasteiger partial charge in [0, 0.05) is 22.7 Å². The Kier molecular flexibility index (Phi) is 6.26. The molecule has 6 heteroatoms. The Labute approximate surface area is 182 Å². The topological polar surface area (TPSA) is 77.1 Å². The van der Waals surface area contributed by atoms with Gasteiger partial charge in [0.1, 0.15) is 11.8 Å². The van der Waals surface area contributed by atoms with Crippen molar-refractivity contribution in [3.8, 4) is 34.5 Å². The fraction of sp³-hybridized carbons (Fsp3) is 0.240. The van der Waals surface area contributed by atoms with Gasteiger partial charge in [0.05, 0.1) is 25.5 Å². The maximum atomic E-state index is 12.8. The van der Waals surface area contributed by atoms with Crippen molar-refractivity contribution in [3.05, 3.63) is 65.9 Å². The normalized spacial score (nSPS) is 11.7. The van der Waals surface area contributed by atoms with Crippen LogP contribution in [0.25, 0.3) is 23.0 Å². The quantitative estimate of drug-likeness (QED) is 0.414. The van der Waals surface area contributed by atoms with Crippen LogP contribution in [0.2, 0.25) is 0 Å². The van der Waals surface area contributed by atoms with Crippen molar-refractivity contribution in [2.24, 2.45) is 5.41 Å². The highest BCUT2D eigenvalue weighted by atomic mass is 16.5. The number of allylic oxidation sites excluding steroid dienone is 1. The van der Waals surface area contributed by atoms with E-state index in [0.717, 1.165) is 11.3 Å². The van der Waals surface area contributed by atoms with Crippen LogP contribution in [-0.2, 0) is 4.79 Å². The molecule has 0 bridgehead atoms. The highest BCUT2D eigenvalue weighted by Crippen LogP contribution is 2.34. The summed E-state index contributed by atoms with van der Waals surface area (Å²) in [6.07, 6.45) is 3.42. The number of aromatic nitrogens is 2. The second-order valence-electron chi connectivity index (χ2n) is 8.03. The van der Waals surface area contributed by atoms with Crippen LogP contribution in [0.4, 0.5) is 0 Å². The van der Waals surface area contributed by atoms with E-state index in [-0.39, 0.29) is 11.4 Å². The number of nitriles is 1. The van der Waals surface area contributed by atoms with Gasteiger partial charge < -0.3 is 9.47 Å². The predicted molar refractivity (Wildman–Crippen MR) is 120 cm³/mol. The molecule has 31 heavy (non-hydrogen) atoms. The lowest BCUT2D eigenvalue weighted by molar-refractivity contribution is -0.121. The molecule has 0 N–H and O–H groups in total. The molecule has 0 atom stereocenters. The van der Waals surface area contributed by atoms with Crippen molar-refractivity contribution >= 4 is 11.9 Å². The first-order chi connectivity index (χ1) is 14.8. The Morgan fingerprint density at radius 3 is 2.32 bits per heavy atom. The Hall–Kier alpha value is -3.85. The molecule has 158 valence electrons. The van der Waals surface area contributed by atoms with E-state index in [1.54, 1.807) is 51.8 Å². The predicted octanol–water partition coefficient (Wildman–Crippen LogP) is 5.08. The first kappa shape index (κ1) is 21.8. The third kappa shape index (κ3) is 4.67. The average Bonchev–Trinajstić information content (AvgIpc) is 3.20. The van der Waals surface area contributed by atoms with Crippen molar-refractivity contribution < 1.29 is 14.3 Å². The number of ether oxygens (including phenoxy) is 2. The fourth-order valence-electron chi connectivity index (χ4n) is 3.12. The zero-order valence-corrected chi connectivity index (χ0v) is 18.3. The number of hydrogen-bond donors (Lipinski definition) is 0. The lowest BCUT2D eigenvalue weighted by Gasteiger charge is -2.15. The molecule has 1 aromatic heterocycles. The molecule has 0 saturated heterocycles. The van der Waals surface area contributed by atoms with Gasteiger partial charge in [-0.25, -0.2) is 4.68 Å². The third-order valence-corrected chi connectivity index (χ3v) is 4.77. The SMILES string of the molecule is COc1ccc(-c2nn(-c3ccccc3)cc2/C=C(\C#N)C(=O)C(C)(C)C)cc1OC. The van der Waals surface area contributed by atoms with Gasteiger partial charge in [-0.1, -0.05) is 39.0 Å². The standard InChI is InChI=1S/C25H25N3O3/c1-25(2,3)24(29)18(15-26)13-19-16-28(20-9-7-6-8-10-20)27-23(19)17-11-12-21(30-4)22(14-17)31-5/h6-14,16H,1-5H3/b18-13+. The lowest BCUT2D eigenvalue weighted by Crippen LogP contribution is -2.21. The molecular formula is C25H25N3O3.